The van der Waals surface area contributed by atoms with Crippen molar-refractivity contribution in [2.75, 3.05) is 31.1 Å². The lowest BCUT2D eigenvalue weighted by atomic mass is 10.1. The van der Waals surface area contributed by atoms with Crippen LogP contribution in [0.2, 0.25) is 0 Å². The molecule has 5 rings (SSSR count). The van der Waals surface area contributed by atoms with Gasteiger partial charge in [-0.1, -0.05) is 12.1 Å². The molecule has 1 saturated heterocycles. The average molecular weight is 376 g/mol. The van der Waals surface area contributed by atoms with E-state index < -0.39 is 0 Å². The minimum Gasteiger partial charge on any atom is -0.352 e. The van der Waals surface area contributed by atoms with Gasteiger partial charge in [-0.2, -0.15) is 0 Å². The van der Waals surface area contributed by atoms with Crippen molar-refractivity contribution in [2.45, 2.75) is 18.8 Å². The van der Waals surface area contributed by atoms with E-state index in [0.29, 0.717) is 24.6 Å². The molecule has 2 aliphatic rings. The molecule has 3 aromatic rings. The van der Waals surface area contributed by atoms with E-state index in [-0.39, 0.29) is 11.7 Å². The first-order chi connectivity index (χ1) is 13.7. The summed E-state index contributed by atoms with van der Waals surface area (Å²) in [4.78, 5) is 26.4. The third kappa shape index (κ3) is 3.19. The summed E-state index contributed by atoms with van der Waals surface area (Å²) in [5.41, 5.74) is 1.51. The van der Waals surface area contributed by atoms with Gasteiger partial charge in [-0.05, 0) is 49.2 Å². The van der Waals surface area contributed by atoms with E-state index in [4.69, 9.17) is 9.97 Å². The summed E-state index contributed by atoms with van der Waals surface area (Å²) in [7, 11) is 0. The highest BCUT2D eigenvalue weighted by Gasteiger charge is 2.29. The number of benzene rings is 2. The maximum absolute atomic E-state index is 13.1. The van der Waals surface area contributed by atoms with E-state index in [0.717, 1.165) is 48.5 Å². The summed E-state index contributed by atoms with van der Waals surface area (Å²) in [6.07, 6.45) is 2.33. The Hall–Kier alpha value is -3.02. The van der Waals surface area contributed by atoms with Crippen LogP contribution in [0.4, 0.5) is 10.2 Å². The lowest BCUT2D eigenvalue weighted by Crippen LogP contribution is -2.49. The standard InChI is InChI=1S/C22H21FN4O/c23-17-9-7-16(8-10-17)22(28)27-13-11-26(12-14-27)21-18-3-1-2-4-19(18)24-20(25-21)15-5-6-15/h1-4,7-10,15H,5-6,11-14H2. The summed E-state index contributed by atoms with van der Waals surface area (Å²) >= 11 is 0. The molecule has 1 aliphatic carbocycles. The Morgan fingerprint density at radius 3 is 2.36 bits per heavy atom. The van der Waals surface area contributed by atoms with Crippen molar-refractivity contribution in [3.8, 4) is 0 Å². The highest BCUT2D eigenvalue weighted by molar-refractivity contribution is 5.94. The molecule has 1 aliphatic heterocycles. The number of hydrogen-bond donors (Lipinski definition) is 0. The van der Waals surface area contributed by atoms with Gasteiger partial charge in [0.15, 0.2) is 0 Å². The fraction of sp³-hybridized carbons (Fsp3) is 0.318. The number of piperazine rings is 1. The van der Waals surface area contributed by atoms with E-state index in [9.17, 15) is 9.18 Å². The molecule has 0 bridgehead atoms. The number of halogens is 1. The molecule has 28 heavy (non-hydrogen) atoms. The van der Waals surface area contributed by atoms with E-state index in [1.54, 1.807) is 12.1 Å². The highest BCUT2D eigenvalue weighted by atomic mass is 19.1. The summed E-state index contributed by atoms with van der Waals surface area (Å²) in [5.74, 6) is 2.03. The Balaban J connectivity index is 1.37. The van der Waals surface area contributed by atoms with Gasteiger partial charge in [0.2, 0.25) is 0 Å². The van der Waals surface area contributed by atoms with E-state index in [1.807, 2.05) is 23.1 Å². The Morgan fingerprint density at radius 1 is 0.929 bits per heavy atom. The van der Waals surface area contributed by atoms with Crippen molar-refractivity contribution >= 4 is 22.6 Å². The molecule has 2 aromatic carbocycles. The largest absolute Gasteiger partial charge is 0.352 e. The first kappa shape index (κ1) is 17.1. The summed E-state index contributed by atoms with van der Waals surface area (Å²) in [6.45, 7) is 2.68. The molecular weight excluding hydrogens is 355 g/mol. The van der Waals surface area contributed by atoms with Crippen molar-refractivity contribution in [3.63, 3.8) is 0 Å². The smallest absolute Gasteiger partial charge is 0.253 e. The molecule has 2 fully saturated rings. The Morgan fingerprint density at radius 2 is 1.64 bits per heavy atom. The Labute approximate surface area is 162 Å². The second kappa shape index (κ2) is 6.86. The monoisotopic (exact) mass is 376 g/mol. The van der Waals surface area contributed by atoms with Crippen LogP contribution in [0.3, 0.4) is 0 Å². The number of para-hydroxylation sites is 1. The fourth-order valence-corrected chi connectivity index (χ4v) is 3.74. The first-order valence-electron chi connectivity index (χ1n) is 9.75. The third-order valence-corrected chi connectivity index (χ3v) is 5.50. The van der Waals surface area contributed by atoms with Crippen LogP contribution in [-0.4, -0.2) is 47.0 Å². The second-order valence-electron chi connectivity index (χ2n) is 7.48. The lowest BCUT2D eigenvalue weighted by molar-refractivity contribution is 0.0746. The minimum atomic E-state index is -0.330. The normalized spacial score (nSPS) is 17.2. The molecule has 2 heterocycles. The van der Waals surface area contributed by atoms with Gasteiger partial charge in [-0.25, -0.2) is 14.4 Å². The molecule has 1 aromatic heterocycles. The lowest BCUT2D eigenvalue weighted by Gasteiger charge is -2.36. The van der Waals surface area contributed by atoms with Crippen LogP contribution in [0, 0.1) is 5.82 Å². The van der Waals surface area contributed by atoms with Crippen LogP contribution >= 0.6 is 0 Å². The number of carbonyl (C=O) groups excluding carboxylic acids is 1. The van der Waals surface area contributed by atoms with Gasteiger partial charge in [-0.3, -0.25) is 4.79 Å². The zero-order chi connectivity index (χ0) is 19.1. The van der Waals surface area contributed by atoms with Crippen LogP contribution in [0.5, 0.6) is 0 Å². The number of nitrogens with zero attached hydrogens (tertiary/aromatic N) is 4. The molecule has 0 N–H and O–H groups in total. The quantitative estimate of drug-likeness (QED) is 0.701. The van der Waals surface area contributed by atoms with Crippen molar-refractivity contribution in [3.05, 3.63) is 65.7 Å². The maximum Gasteiger partial charge on any atom is 0.253 e. The fourth-order valence-electron chi connectivity index (χ4n) is 3.74. The van der Waals surface area contributed by atoms with E-state index in [1.165, 1.54) is 12.1 Å². The predicted molar refractivity (Wildman–Crippen MR) is 106 cm³/mol. The molecule has 0 atom stereocenters. The van der Waals surface area contributed by atoms with Crippen molar-refractivity contribution in [1.82, 2.24) is 14.9 Å². The average Bonchev–Trinajstić information content (AvgIpc) is 3.59. The van der Waals surface area contributed by atoms with Crippen molar-refractivity contribution < 1.29 is 9.18 Å². The molecule has 0 spiro atoms. The van der Waals surface area contributed by atoms with Gasteiger partial charge >= 0.3 is 0 Å². The number of rotatable bonds is 3. The Kier molecular flexibility index (Phi) is 4.19. The van der Waals surface area contributed by atoms with E-state index in [2.05, 4.69) is 11.0 Å². The van der Waals surface area contributed by atoms with Gasteiger partial charge in [0, 0.05) is 43.0 Å². The van der Waals surface area contributed by atoms with Crippen molar-refractivity contribution in [1.29, 1.82) is 0 Å². The summed E-state index contributed by atoms with van der Waals surface area (Å²) in [6, 6.07) is 13.9. The topological polar surface area (TPSA) is 49.3 Å². The molecule has 142 valence electrons. The molecular formula is C22H21FN4O. The number of amides is 1. The first-order valence-corrected chi connectivity index (χ1v) is 9.75. The number of aromatic nitrogens is 2. The zero-order valence-electron chi connectivity index (χ0n) is 15.5. The van der Waals surface area contributed by atoms with Crippen LogP contribution < -0.4 is 4.90 Å². The number of hydrogen-bond acceptors (Lipinski definition) is 4. The van der Waals surface area contributed by atoms with Gasteiger partial charge in [0.25, 0.3) is 5.91 Å². The second-order valence-corrected chi connectivity index (χ2v) is 7.48. The molecule has 5 nitrogen and oxygen atoms in total. The van der Waals surface area contributed by atoms with E-state index >= 15 is 0 Å². The number of carbonyl (C=O) groups is 1. The zero-order valence-corrected chi connectivity index (χ0v) is 15.5. The van der Waals surface area contributed by atoms with Gasteiger partial charge in [0.05, 0.1) is 5.52 Å². The maximum atomic E-state index is 13.1. The number of anilines is 1. The predicted octanol–water partition coefficient (Wildman–Crippen LogP) is 3.61. The summed E-state index contributed by atoms with van der Waals surface area (Å²) < 4.78 is 13.1. The molecule has 6 heteroatoms. The van der Waals surface area contributed by atoms with Gasteiger partial charge in [0.1, 0.15) is 17.5 Å². The Bertz CT molecular complexity index is 1020. The van der Waals surface area contributed by atoms with Crippen LogP contribution in [0.15, 0.2) is 48.5 Å². The third-order valence-electron chi connectivity index (χ3n) is 5.50. The van der Waals surface area contributed by atoms with Gasteiger partial charge in [-0.15, -0.1) is 0 Å². The molecule has 0 radical (unpaired) electrons. The molecule has 1 amide bonds. The molecule has 0 unspecified atom stereocenters. The van der Waals surface area contributed by atoms with Gasteiger partial charge < -0.3 is 9.80 Å². The van der Waals surface area contributed by atoms with Crippen LogP contribution in [0.25, 0.3) is 10.9 Å². The molecule has 1 saturated carbocycles. The number of fused-ring (bicyclic) bond motifs is 1. The van der Waals surface area contributed by atoms with Crippen molar-refractivity contribution in [2.24, 2.45) is 0 Å². The van der Waals surface area contributed by atoms with Crippen LogP contribution in [-0.2, 0) is 0 Å². The van der Waals surface area contributed by atoms with Crippen LogP contribution in [0.1, 0.15) is 34.9 Å². The minimum absolute atomic E-state index is 0.0501. The highest BCUT2D eigenvalue weighted by Crippen LogP contribution is 2.40. The summed E-state index contributed by atoms with van der Waals surface area (Å²) in [5, 5.41) is 1.06. The SMILES string of the molecule is O=C(c1ccc(F)cc1)N1CCN(c2nc(C3CC3)nc3ccccc23)CC1.